The van der Waals surface area contributed by atoms with Gasteiger partial charge in [0.25, 0.3) is 0 Å². The second kappa shape index (κ2) is 5.12. The minimum atomic E-state index is 0.0340. The quantitative estimate of drug-likeness (QED) is 0.567. The Morgan fingerprint density at radius 3 is 3.20 bits per heavy atom. The number of amides is 1. The summed E-state index contributed by atoms with van der Waals surface area (Å²) in [6.45, 7) is 3.20. The van der Waals surface area contributed by atoms with Crippen LogP contribution in [0.4, 0.5) is 0 Å². The van der Waals surface area contributed by atoms with Crippen LogP contribution < -0.4 is 0 Å². The number of likely N-dealkylation sites (tertiary alicyclic amines) is 1. The van der Waals surface area contributed by atoms with E-state index >= 15 is 0 Å². The maximum Gasteiger partial charge on any atom is 0.236 e. The first-order valence-corrected chi connectivity index (χ1v) is 6.37. The molecule has 3 nitrogen and oxygen atoms in total. The molecular formula is C11H16BrNO2. The highest BCUT2D eigenvalue weighted by Gasteiger charge is 2.26. The molecule has 84 valence electrons. The van der Waals surface area contributed by atoms with E-state index in [0.717, 1.165) is 39.0 Å². The maximum atomic E-state index is 11.8. The first-order chi connectivity index (χ1) is 7.27. The molecule has 1 saturated heterocycles. The summed E-state index contributed by atoms with van der Waals surface area (Å²) in [6.07, 6.45) is 5.15. The minimum Gasteiger partial charge on any atom is -0.377 e. The van der Waals surface area contributed by atoms with Crippen LogP contribution in [0.15, 0.2) is 11.6 Å². The third kappa shape index (κ3) is 2.82. The molecule has 1 atom stereocenters. The number of halogens is 1. The Labute approximate surface area is 98.6 Å². The predicted octanol–water partition coefficient (Wildman–Crippen LogP) is 1.72. The lowest BCUT2D eigenvalue weighted by molar-refractivity contribution is -0.132. The molecule has 0 aliphatic carbocycles. The Morgan fingerprint density at radius 2 is 2.47 bits per heavy atom. The van der Waals surface area contributed by atoms with Gasteiger partial charge in [-0.05, 0) is 19.3 Å². The van der Waals surface area contributed by atoms with E-state index in [2.05, 4.69) is 22.0 Å². The predicted molar refractivity (Wildman–Crippen MR) is 62.0 cm³/mol. The molecule has 4 heteroatoms. The number of ether oxygens (including phenoxy) is 1. The van der Waals surface area contributed by atoms with E-state index in [1.807, 2.05) is 4.90 Å². The molecule has 1 unspecified atom stereocenters. The van der Waals surface area contributed by atoms with Gasteiger partial charge in [-0.3, -0.25) is 4.79 Å². The highest BCUT2D eigenvalue weighted by atomic mass is 79.9. The summed E-state index contributed by atoms with van der Waals surface area (Å²) in [7, 11) is 0. The summed E-state index contributed by atoms with van der Waals surface area (Å²) in [6, 6.07) is 0. The number of alkyl halides is 1. The Hall–Kier alpha value is -0.350. The second-order valence-corrected chi connectivity index (χ2v) is 5.16. The lowest BCUT2D eigenvalue weighted by atomic mass is 10.1. The highest BCUT2D eigenvalue weighted by molar-refractivity contribution is 9.10. The lowest BCUT2D eigenvalue weighted by Gasteiger charge is -2.31. The van der Waals surface area contributed by atoms with Crippen molar-refractivity contribution in [2.45, 2.75) is 24.1 Å². The SMILES string of the molecule is O=C1C(Br)CCCN1CC1=CCOCC1. The van der Waals surface area contributed by atoms with Gasteiger partial charge in [0.2, 0.25) is 5.91 Å². The molecule has 2 aliphatic rings. The van der Waals surface area contributed by atoms with Crippen molar-refractivity contribution in [2.24, 2.45) is 0 Å². The van der Waals surface area contributed by atoms with Crippen molar-refractivity contribution in [3.8, 4) is 0 Å². The monoisotopic (exact) mass is 273 g/mol. The van der Waals surface area contributed by atoms with Crippen LogP contribution in [0.2, 0.25) is 0 Å². The van der Waals surface area contributed by atoms with Crippen LogP contribution >= 0.6 is 15.9 Å². The van der Waals surface area contributed by atoms with Crippen LogP contribution in [0.25, 0.3) is 0 Å². The van der Waals surface area contributed by atoms with E-state index in [0.29, 0.717) is 6.61 Å². The van der Waals surface area contributed by atoms with Gasteiger partial charge in [0.05, 0.1) is 18.0 Å². The summed E-state index contributed by atoms with van der Waals surface area (Å²) >= 11 is 3.42. The zero-order chi connectivity index (χ0) is 10.7. The second-order valence-electron chi connectivity index (χ2n) is 4.06. The van der Waals surface area contributed by atoms with Gasteiger partial charge in [-0.15, -0.1) is 0 Å². The van der Waals surface area contributed by atoms with Crippen LogP contribution in [0.3, 0.4) is 0 Å². The van der Waals surface area contributed by atoms with Crippen molar-refractivity contribution in [3.05, 3.63) is 11.6 Å². The van der Waals surface area contributed by atoms with E-state index in [9.17, 15) is 4.79 Å². The van der Waals surface area contributed by atoms with Crippen LogP contribution in [0, 0.1) is 0 Å². The number of piperidine rings is 1. The molecule has 0 aromatic carbocycles. The van der Waals surface area contributed by atoms with Crippen molar-refractivity contribution < 1.29 is 9.53 Å². The fourth-order valence-corrected chi connectivity index (χ4v) is 2.62. The molecule has 0 saturated carbocycles. The number of hydrogen-bond acceptors (Lipinski definition) is 2. The van der Waals surface area contributed by atoms with Gasteiger partial charge in [-0.2, -0.15) is 0 Å². The number of carbonyl (C=O) groups excluding carboxylic acids is 1. The Kier molecular flexibility index (Phi) is 3.81. The smallest absolute Gasteiger partial charge is 0.236 e. The molecule has 1 amide bonds. The highest BCUT2D eigenvalue weighted by Crippen LogP contribution is 2.20. The Bertz CT molecular complexity index is 278. The minimum absolute atomic E-state index is 0.0340. The van der Waals surface area contributed by atoms with Gasteiger partial charge in [-0.25, -0.2) is 0 Å². The molecule has 15 heavy (non-hydrogen) atoms. The van der Waals surface area contributed by atoms with E-state index < -0.39 is 0 Å². The molecule has 0 bridgehead atoms. The largest absolute Gasteiger partial charge is 0.377 e. The molecule has 0 aromatic rings. The average Bonchev–Trinajstić information content (AvgIpc) is 2.26. The van der Waals surface area contributed by atoms with Crippen molar-refractivity contribution in [1.29, 1.82) is 0 Å². The normalized spacial score (nSPS) is 27.8. The standard InChI is InChI=1S/C11H16BrNO2/c12-10-2-1-5-13(11(10)14)8-9-3-6-15-7-4-9/h3,10H,1-2,4-8H2. The van der Waals surface area contributed by atoms with E-state index in [1.165, 1.54) is 5.57 Å². The fourth-order valence-electron chi connectivity index (χ4n) is 2.00. The molecule has 1 fully saturated rings. The average molecular weight is 274 g/mol. The number of hydrogen-bond donors (Lipinski definition) is 0. The number of carbonyl (C=O) groups is 1. The molecule has 2 aliphatic heterocycles. The number of nitrogens with zero attached hydrogens (tertiary/aromatic N) is 1. The van der Waals surface area contributed by atoms with Gasteiger partial charge < -0.3 is 9.64 Å². The Balaban J connectivity index is 1.92. The summed E-state index contributed by atoms with van der Waals surface area (Å²) in [4.78, 5) is 13.8. The van der Waals surface area contributed by atoms with Crippen LogP contribution in [0.5, 0.6) is 0 Å². The van der Waals surface area contributed by atoms with Gasteiger partial charge >= 0.3 is 0 Å². The van der Waals surface area contributed by atoms with Gasteiger partial charge in [0, 0.05) is 13.1 Å². The van der Waals surface area contributed by atoms with Crippen LogP contribution in [0.1, 0.15) is 19.3 Å². The fraction of sp³-hybridized carbons (Fsp3) is 0.727. The topological polar surface area (TPSA) is 29.5 Å². The van der Waals surface area contributed by atoms with Gasteiger partial charge in [0.15, 0.2) is 0 Å². The molecule has 2 heterocycles. The van der Waals surface area contributed by atoms with E-state index in [1.54, 1.807) is 0 Å². The van der Waals surface area contributed by atoms with Crippen molar-refractivity contribution in [3.63, 3.8) is 0 Å². The van der Waals surface area contributed by atoms with Crippen LogP contribution in [-0.2, 0) is 9.53 Å². The van der Waals surface area contributed by atoms with Crippen molar-refractivity contribution in [1.82, 2.24) is 4.90 Å². The molecule has 0 aromatic heterocycles. The van der Waals surface area contributed by atoms with E-state index in [-0.39, 0.29) is 10.7 Å². The molecule has 2 rings (SSSR count). The van der Waals surface area contributed by atoms with E-state index in [4.69, 9.17) is 4.74 Å². The molecule has 0 N–H and O–H groups in total. The van der Waals surface area contributed by atoms with Crippen LogP contribution in [-0.4, -0.2) is 41.9 Å². The summed E-state index contributed by atoms with van der Waals surface area (Å²) in [5.41, 5.74) is 1.34. The number of rotatable bonds is 2. The van der Waals surface area contributed by atoms with Gasteiger partial charge in [-0.1, -0.05) is 27.6 Å². The zero-order valence-electron chi connectivity index (χ0n) is 8.75. The third-order valence-corrected chi connectivity index (χ3v) is 3.77. The molecule has 0 spiro atoms. The van der Waals surface area contributed by atoms with Crippen molar-refractivity contribution >= 4 is 21.8 Å². The zero-order valence-corrected chi connectivity index (χ0v) is 10.3. The first kappa shape index (κ1) is 11.1. The Morgan fingerprint density at radius 1 is 1.60 bits per heavy atom. The molecule has 0 radical (unpaired) electrons. The third-order valence-electron chi connectivity index (χ3n) is 2.92. The lowest BCUT2D eigenvalue weighted by Crippen LogP contribution is -2.42. The summed E-state index contributed by atoms with van der Waals surface area (Å²) in [5.74, 6) is 0.244. The van der Waals surface area contributed by atoms with Gasteiger partial charge in [0.1, 0.15) is 0 Å². The summed E-state index contributed by atoms with van der Waals surface area (Å²) < 4.78 is 5.25. The summed E-state index contributed by atoms with van der Waals surface area (Å²) in [5, 5.41) is 0. The maximum absolute atomic E-state index is 11.8. The van der Waals surface area contributed by atoms with Crippen molar-refractivity contribution in [2.75, 3.05) is 26.3 Å². The molecular weight excluding hydrogens is 258 g/mol. The first-order valence-electron chi connectivity index (χ1n) is 5.46.